The van der Waals surface area contributed by atoms with Crippen LogP contribution in [0.15, 0.2) is 22.9 Å². The van der Waals surface area contributed by atoms with Crippen LogP contribution >= 0.6 is 11.3 Å². The molecule has 0 aliphatic heterocycles. The van der Waals surface area contributed by atoms with Crippen LogP contribution in [0, 0.1) is 13.8 Å². The van der Waals surface area contributed by atoms with Crippen LogP contribution in [0.2, 0.25) is 0 Å². The highest BCUT2D eigenvalue weighted by molar-refractivity contribution is 7.07. The van der Waals surface area contributed by atoms with E-state index in [1.54, 1.807) is 11.3 Å². The third kappa shape index (κ3) is 3.75. The Morgan fingerprint density at radius 3 is 2.47 bits per heavy atom. The van der Waals surface area contributed by atoms with Gasteiger partial charge in [-0.15, -0.1) is 0 Å². The van der Waals surface area contributed by atoms with Crippen molar-refractivity contribution in [3.05, 3.63) is 39.8 Å². The molecule has 5 heteroatoms. The van der Waals surface area contributed by atoms with Crippen LogP contribution in [0.3, 0.4) is 0 Å². The van der Waals surface area contributed by atoms with Crippen LogP contribution < -0.4 is 5.32 Å². The van der Waals surface area contributed by atoms with Crippen molar-refractivity contribution in [2.75, 3.05) is 26.0 Å². The molecule has 0 amide bonds. The van der Waals surface area contributed by atoms with Crippen LogP contribution in [-0.2, 0) is 0 Å². The van der Waals surface area contributed by atoms with Gasteiger partial charge in [-0.2, -0.15) is 11.3 Å². The molecule has 0 fully saturated rings. The Morgan fingerprint density at radius 1 is 1.26 bits per heavy atom. The zero-order valence-electron chi connectivity index (χ0n) is 11.8. The van der Waals surface area contributed by atoms with Gasteiger partial charge in [-0.1, -0.05) is 0 Å². The van der Waals surface area contributed by atoms with E-state index in [2.05, 4.69) is 51.1 Å². The highest BCUT2D eigenvalue weighted by Crippen LogP contribution is 2.21. The van der Waals surface area contributed by atoms with Crippen LogP contribution in [0.1, 0.15) is 23.0 Å². The molecule has 2 aromatic heterocycles. The van der Waals surface area contributed by atoms with Crippen molar-refractivity contribution >= 4 is 17.3 Å². The minimum atomic E-state index is 0.329. The molecule has 1 unspecified atom stereocenters. The number of nitrogens with zero attached hydrogens (tertiary/aromatic N) is 3. The van der Waals surface area contributed by atoms with Crippen LogP contribution in [0.4, 0.5) is 5.95 Å². The Bertz CT molecular complexity index is 502. The Morgan fingerprint density at radius 2 is 1.95 bits per heavy atom. The molecule has 0 aliphatic carbocycles. The highest BCUT2D eigenvalue weighted by Gasteiger charge is 2.14. The lowest BCUT2D eigenvalue weighted by Crippen LogP contribution is -2.27. The van der Waals surface area contributed by atoms with Gasteiger partial charge in [0, 0.05) is 17.9 Å². The maximum atomic E-state index is 4.41. The van der Waals surface area contributed by atoms with E-state index in [9.17, 15) is 0 Å². The molecule has 0 aromatic carbocycles. The summed E-state index contributed by atoms with van der Waals surface area (Å²) in [7, 11) is 4.18. The maximum Gasteiger partial charge on any atom is 0.223 e. The van der Waals surface area contributed by atoms with E-state index in [1.165, 1.54) is 5.56 Å². The number of aromatic nitrogens is 2. The second kappa shape index (κ2) is 6.12. The van der Waals surface area contributed by atoms with E-state index in [-0.39, 0.29) is 0 Å². The molecular formula is C14H20N4S. The van der Waals surface area contributed by atoms with Gasteiger partial charge in [0.15, 0.2) is 0 Å². The largest absolute Gasteiger partial charge is 0.352 e. The molecule has 0 bridgehead atoms. The molecule has 0 aliphatic rings. The number of aryl methyl sites for hydroxylation is 2. The Kier molecular flexibility index (Phi) is 4.50. The Hall–Kier alpha value is -1.46. The smallest absolute Gasteiger partial charge is 0.223 e. The van der Waals surface area contributed by atoms with E-state index >= 15 is 0 Å². The summed E-state index contributed by atoms with van der Waals surface area (Å²) in [5.41, 5.74) is 3.31. The lowest BCUT2D eigenvalue weighted by molar-refractivity contribution is 0.312. The minimum absolute atomic E-state index is 0.329. The second-order valence-corrected chi connectivity index (χ2v) is 5.67. The van der Waals surface area contributed by atoms with Gasteiger partial charge in [0.25, 0.3) is 0 Å². The molecule has 1 N–H and O–H groups in total. The number of hydrogen-bond donors (Lipinski definition) is 1. The third-order valence-electron chi connectivity index (χ3n) is 2.99. The van der Waals surface area contributed by atoms with E-state index in [0.29, 0.717) is 12.0 Å². The zero-order valence-corrected chi connectivity index (χ0v) is 12.7. The molecule has 4 nitrogen and oxygen atoms in total. The number of nitrogens with one attached hydrogen (secondary N) is 1. The lowest BCUT2D eigenvalue weighted by Gasteiger charge is -2.24. The maximum absolute atomic E-state index is 4.41. The van der Waals surface area contributed by atoms with Gasteiger partial charge < -0.3 is 10.2 Å². The predicted octanol–water partition coefficient (Wildman–Crippen LogP) is 2.87. The molecule has 102 valence electrons. The van der Waals surface area contributed by atoms with Gasteiger partial charge in [-0.3, -0.25) is 0 Å². The molecule has 0 spiro atoms. The number of thiophene rings is 1. The fraction of sp³-hybridized carbons (Fsp3) is 0.429. The summed E-state index contributed by atoms with van der Waals surface area (Å²) in [6.07, 6.45) is 0. The highest BCUT2D eigenvalue weighted by atomic mass is 32.1. The molecule has 2 aromatic rings. The summed E-state index contributed by atoms with van der Waals surface area (Å²) in [5.74, 6) is 0.708. The third-order valence-corrected chi connectivity index (χ3v) is 3.69. The molecule has 2 heterocycles. The van der Waals surface area contributed by atoms with Gasteiger partial charge in [0.2, 0.25) is 5.95 Å². The molecule has 0 radical (unpaired) electrons. The lowest BCUT2D eigenvalue weighted by atomic mass is 10.1. The zero-order chi connectivity index (χ0) is 13.8. The predicted molar refractivity (Wildman–Crippen MR) is 80.7 cm³/mol. The molecule has 2 rings (SSSR count). The van der Waals surface area contributed by atoms with E-state index in [1.807, 2.05) is 19.9 Å². The topological polar surface area (TPSA) is 41.1 Å². The van der Waals surface area contributed by atoms with Crippen molar-refractivity contribution in [2.45, 2.75) is 19.9 Å². The quantitative estimate of drug-likeness (QED) is 0.911. The summed E-state index contributed by atoms with van der Waals surface area (Å²) >= 11 is 1.73. The van der Waals surface area contributed by atoms with Crippen molar-refractivity contribution in [1.82, 2.24) is 14.9 Å². The molecular weight excluding hydrogens is 256 g/mol. The standard InChI is InChI=1S/C14H20N4S/c1-10-7-11(2)17-14(16-10)15-8-13(18(3)4)12-5-6-19-9-12/h5-7,9,13H,8H2,1-4H3,(H,15,16,17). The average molecular weight is 276 g/mol. The summed E-state index contributed by atoms with van der Waals surface area (Å²) < 4.78 is 0. The fourth-order valence-corrected chi connectivity index (χ4v) is 2.76. The normalized spacial score (nSPS) is 12.7. The number of anilines is 1. The SMILES string of the molecule is Cc1cc(C)nc(NCC(c2ccsc2)N(C)C)n1. The average Bonchev–Trinajstić information content (AvgIpc) is 2.81. The first-order valence-electron chi connectivity index (χ1n) is 6.31. The Balaban J connectivity index is 2.07. The monoisotopic (exact) mass is 276 g/mol. The van der Waals surface area contributed by atoms with E-state index < -0.39 is 0 Å². The number of rotatable bonds is 5. The van der Waals surface area contributed by atoms with Crippen LogP contribution in [0.25, 0.3) is 0 Å². The van der Waals surface area contributed by atoms with E-state index in [0.717, 1.165) is 17.9 Å². The van der Waals surface area contributed by atoms with Crippen molar-refractivity contribution < 1.29 is 0 Å². The van der Waals surface area contributed by atoms with Crippen molar-refractivity contribution in [1.29, 1.82) is 0 Å². The number of hydrogen-bond acceptors (Lipinski definition) is 5. The number of likely N-dealkylation sites (N-methyl/N-ethyl adjacent to an activating group) is 1. The Labute approximate surface area is 118 Å². The van der Waals surface area contributed by atoms with Gasteiger partial charge in [0.1, 0.15) is 0 Å². The first kappa shape index (κ1) is 14.0. The summed E-state index contributed by atoms with van der Waals surface area (Å²) in [5, 5.41) is 7.64. The van der Waals surface area contributed by atoms with Crippen molar-refractivity contribution in [3.63, 3.8) is 0 Å². The van der Waals surface area contributed by atoms with Crippen molar-refractivity contribution in [2.24, 2.45) is 0 Å². The first-order valence-corrected chi connectivity index (χ1v) is 7.25. The van der Waals surface area contributed by atoms with Gasteiger partial charge in [-0.25, -0.2) is 9.97 Å². The van der Waals surface area contributed by atoms with Crippen LogP contribution in [0.5, 0.6) is 0 Å². The fourth-order valence-electron chi connectivity index (χ4n) is 2.06. The molecule has 0 saturated heterocycles. The summed E-state index contributed by atoms with van der Waals surface area (Å²) in [6, 6.07) is 4.48. The molecule has 0 saturated carbocycles. The minimum Gasteiger partial charge on any atom is -0.352 e. The van der Waals surface area contributed by atoms with Crippen LogP contribution in [-0.4, -0.2) is 35.5 Å². The molecule has 1 atom stereocenters. The van der Waals surface area contributed by atoms with E-state index in [4.69, 9.17) is 0 Å². The summed E-state index contributed by atoms with van der Waals surface area (Å²) in [4.78, 5) is 11.0. The molecule has 19 heavy (non-hydrogen) atoms. The van der Waals surface area contributed by atoms with Crippen molar-refractivity contribution in [3.8, 4) is 0 Å². The van der Waals surface area contributed by atoms with Gasteiger partial charge >= 0.3 is 0 Å². The first-order chi connectivity index (χ1) is 9.06. The van der Waals surface area contributed by atoms with Gasteiger partial charge in [-0.05, 0) is 56.4 Å². The summed E-state index contributed by atoms with van der Waals surface area (Å²) in [6.45, 7) is 4.77. The van der Waals surface area contributed by atoms with Gasteiger partial charge in [0.05, 0.1) is 6.04 Å². The second-order valence-electron chi connectivity index (χ2n) is 4.89.